The fourth-order valence-corrected chi connectivity index (χ4v) is 3.93. The van der Waals surface area contributed by atoms with Gasteiger partial charge in [-0.2, -0.15) is 4.72 Å². The van der Waals surface area contributed by atoms with Crippen LogP contribution in [0.2, 0.25) is 5.02 Å². The average Bonchev–Trinajstić information content (AvgIpc) is 2.70. The number of rotatable bonds is 7. The predicted octanol–water partition coefficient (Wildman–Crippen LogP) is 2.97. The normalized spacial score (nSPS) is 12.3. The van der Waals surface area contributed by atoms with Crippen molar-refractivity contribution in [1.29, 1.82) is 0 Å². The Bertz CT molecular complexity index is 1090. The number of carbonyl (C=O) groups is 1. The number of nitrogens with one attached hydrogen (secondary N) is 2. The number of sulfonamides is 1. The Morgan fingerprint density at radius 3 is 2.38 bits per heavy atom. The highest BCUT2D eigenvalue weighted by Crippen LogP contribution is 2.20. The first-order chi connectivity index (χ1) is 13.8. The smallest absolute Gasteiger partial charge is 0.244 e. The summed E-state index contributed by atoms with van der Waals surface area (Å²) in [5, 5.41) is 12.7. The Labute approximate surface area is 173 Å². The SMILES string of the molecule is O=C(Nc1ncccc1O)C(Cc1ccccc1)NS(=O)(=O)c1ccc(Cl)cc1. The molecule has 1 unspecified atom stereocenters. The molecule has 1 amide bonds. The second-order valence-corrected chi connectivity index (χ2v) is 8.33. The summed E-state index contributed by atoms with van der Waals surface area (Å²) in [4.78, 5) is 16.7. The Hall–Kier alpha value is -2.94. The van der Waals surface area contributed by atoms with E-state index in [1.807, 2.05) is 6.07 Å². The number of pyridine rings is 1. The topological polar surface area (TPSA) is 108 Å². The van der Waals surface area contributed by atoms with Gasteiger partial charge in [0.05, 0.1) is 4.90 Å². The third kappa shape index (κ3) is 5.54. The summed E-state index contributed by atoms with van der Waals surface area (Å²) >= 11 is 5.82. The minimum Gasteiger partial charge on any atom is -0.504 e. The number of benzene rings is 2. The third-order valence-electron chi connectivity index (χ3n) is 4.05. The highest BCUT2D eigenvalue weighted by atomic mass is 35.5. The van der Waals surface area contributed by atoms with Gasteiger partial charge in [-0.25, -0.2) is 13.4 Å². The zero-order valence-electron chi connectivity index (χ0n) is 15.1. The van der Waals surface area contributed by atoms with Crippen LogP contribution in [-0.2, 0) is 21.2 Å². The molecule has 0 aliphatic rings. The van der Waals surface area contributed by atoms with E-state index < -0.39 is 22.0 Å². The van der Waals surface area contributed by atoms with E-state index >= 15 is 0 Å². The van der Waals surface area contributed by atoms with Gasteiger partial charge in [0, 0.05) is 11.2 Å². The highest BCUT2D eigenvalue weighted by Gasteiger charge is 2.27. The molecule has 2 aromatic carbocycles. The molecule has 29 heavy (non-hydrogen) atoms. The van der Waals surface area contributed by atoms with Gasteiger partial charge in [0.25, 0.3) is 0 Å². The molecule has 1 aromatic heterocycles. The molecular formula is C20H18ClN3O4S. The minimum atomic E-state index is -4.00. The Balaban J connectivity index is 1.87. The van der Waals surface area contributed by atoms with Crippen molar-refractivity contribution in [1.82, 2.24) is 9.71 Å². The van der Waals surface area contributed by atoms with Gasteiger partial charge in [-0.05, 0) is 48.4 Å². The quantitative estimate of drug-likeness (QED) is 0.533. The zero-order chi connectivity index (χ0) is 20.9. The maximum atomic E-state index is 12.8. The van der Waals surface area contributed by atoms with Gasteiger partial charge >= 0.3 is 0 Å². The molecule has 3 N–H and O–H groups in total. The van der Waals surface area contributed by atoms with Crippen LogP contribution in [0.25, 0.3) is 0 Å². The molecule has 7 nitrogen and oxygen atoms in total. The number of carbonyl (C=O) groups excluding carboxylic acids is 1. The number of aromatic nitrogens is 1. The molecule has 0 spiro atoms. The fraction of sp³-hybridized carbons (Fsp3) is 0.100. The van der Waals surface area contributed by atoms with Gasteiger partial charge < -0.3 is 10.4 Å². The van der Waals surface area contributed by atoms with Crippen molar-refractivity contribution in [3.63, 3.8) is 0 Å². The van der Waals surface area contributed by atoms with Gasteiger partial charge in [-0.1, -0.05) is 41.9 Å². The summed E-state index contributed by atoms with van der Waals surface area (Å²) in [5.74, 6) is -0.929. The first kappa shape index (κ1) is 20.8. The van der Waals surface area contributed by atoms with Crippen molar-refractivity contribution in [3.8, 4) is 5.75 Å². The molecule has 0 radical (unpaired) electrons. The number of nitrogens with zero attached hydrogens (tertiary/aromatic N) is 1. The van der Waals surface area contributed by atoms with Crippen LogP contribution in [-0.4, -0.2) is 30.5 Å². The van der Waals surface area contributed by atoms with Gasteiger partial charge in [0.2, 0.25) is 15.9 Å². The number of aromatic hydroxyl groups is 1. The Morgan fingerprint density at radius 1 is 1.03 bits per heavy atom. The van der Waals surface area contributed by atoms with E-state index in [9.17, 15) is 18.3 Å². The lowest BCUT2D eigenvalue weighted by atomic mass is 10.1. The lowest BCUT2D eigenvalue weighted by Crippen LogP contribution is -2.45. The predicted molar refractivity (Wildman–Crippen MR) is 110 cm³/mol. The largest absolute Gasteiger partial charge is 0.504 e. The Kier molecular flexibility index (Phi) is 6.48. The van der Waals surface area contributed by atoms with Gasteiger partial charge in [-0.15, -0.1) is 0 Å². The van der Waals surface area contributed by atoms with Crippen molar-refractivity contribution in [2.45, 2.75) is 17.4 Å². The fourth-order valence-electron chi connectivity index (χ4n) is 2.60. The molecule has 0 bridgehead atoms. The van der Waals surface area contributed by atoms with Gasteiger partial charge in [-0.3, -0.25) is 4.79 Å². The summed E-state index contributed by atoms with van der Waals surface area (Å²) in [7, 11) is -4.00. The van der Waals surface area contributed by atoms with Crippen LogP contribution >= 0.6 is 11.6 Å². The first-order valence-corrected chi connectivity index (χ1v) is 10.5. The standard InChI is InChI=1S/C20H18ClN3O4S/c21-15-8-10-16(11-9-15)29(27,28)24-17(13-14-5-2-1-3-6-14)20(26)23-19-18(25)7-4-12-22-19/h1-12,17,24-25H,13H2,(H,22,23,26). The molecule has 3 aromatic rings. The van der Waals surface area contributed by atoms with E-state index in [1.54, 1.807) is 24.3 Å². The molecular weight excluding hydrogens is 414 g/mol. The van der Waals surface area contributed by atoms with Gasteiger partial charge in [0.15, 0.2) is 11.6 Å². The molecule has 1 heterocycles. The van der Waals surface area contributed by atoms with E-state index in [4.69, 9.17) is 11.6 Å². The second kappa shape index (κ2) is 9.04. The Morgan fingerprint density at radius 2 is 1.72 bits per heavy atom. The van der Waals surface area contributed by atoms with Crippen LogP contribution in [0.3, 0.4) is 0 Å². The number of hydrogen-bond donors (Lipinski definition) is 3. The van der Waals surface area contributed by atoms with Crippen LogP contribution < -0.4 is 10.0 Å². The molecule has 0 saturated heterocycles. The molecule has 0 saturated carbocycles. The molecule has 0 fully saturated rings. The van der Waals surface area contributed by atoms with Crippen molar-refractivity contribution in [2.75, 3.05) is 5.32 Å². The van der Waals surface area contributed by atoms with Crippen LogP contribution in [0.15, 0.2) is 77.8 Å². The third-order valence-corrected chi connectivity index (χ3v) is 5.79. The molecule has 1 atom stereocenters. The van der Waals surface area contributed by atoms with Crippen molar-refractivity contribution >= 4 is 33.3 Å². The van der Waals surface area contributed by atoms with E-state index in [1.165, 1.54) is 42.6 Å². The molecule has 0 aliphatic heterocycles. The van der Waals surface area contributed by atoms with Crippen LogP contribution in [0.1, 0.15) is 5.56 Å². The van der Waals surface area contributed by atoms with E-state index in [2.05, 4.69) is 15.0 Å². The summed E-state index contributed by atoms with van der Waals surface area (Å²) in [6.07, 6.45) is 1.51. The average molecular weight is 432 g/mol. The van der Waals surface area contributed by atoms with Crippen LogP contribution in [0.5, 0.6) is 5.75 Å². The number of anilines is 1. The summed E-state index contributed by atoms with van der Waals surface area (Å²) in [5.41, 5.74) is 0.761. The monoisotopic (exact) mass is 431 g/mol. The van der Waals surface area contributed by atoms with Crippen LogP contribution in [0.4, 0.5) is 5.82 Å². The summed E-state index contributed by atoms with van der Waals surface area (Å²) in [6.45, 7) is 0. The molecule has 150 valence electrons. The summed E-state index contributed by atoms with van der Waals surface area (Å²) in [6, 6.07) is 16.3. The van der Waals surface area contributed by atoms with E-state index in [0.29, 0.717) is 5.02 Å². The summed E-state index contributed by atoms with van der Waals surface area (Å²) < 4.78 is 28.0. The number of hydrogen-bond acceptors (Lipinski definition) is 5. The number of amides is 1. The van der Waals surface area contributed by atoms with Crippen LogP contribution in [0, 0.1) is 0 Å². The van der Waals surface area contributed by atoms with Gasteiger partial charge in [0.1, 0.15) is 6.04 Å². The maximum Gasteiger partial charge on any atom is 0.244 e. The first-order valence-electron chi connectivity index (χ1n) is 8.62. The molecule has 3 rings (SSSR count). The second-order valence-electron chi connectivity index (χ2n) is 6.18. The lowest BCUT2D eigenvalue weighted by Gasteiger charge is -2.19. The lowest BCUT2D eigenvalue weighted by molar-refractivity contribution is -0.117. The van der Waals surface area contributed by atoms with E-state index in [-0.39, 0.29) is 22.9 Å². The zero-order valence-corrected chi connectivity index (χ0v) is 16.7. The van der Waals surface area contributed by atoms with Crippen molar-refractivity contribution in [3.05, 3.63) is 83.5 Å². The van der Waals surface area contributed by atoms with Crippen molar-refractivity contribution < 1.29 is 18.3 Å². The molecule has 9 heteroatoms. The highest BCUT2D eigenvalue weighted by molar-refractivity contribution is 7.89. The maximum absolute atomic E-state index is 12.8. The number of halogens is 1. The van der Waals surface area contributed by atoms with Crippen molar-refractivity contribution in [2.24, 2.45) is 0 Å². The molecule has 0 aliphatic carbocycles. The van der Waals surface area contributed by atoms with E-state index in [0.717, 1.165) is 5.56 Å². The minimum absolute atomic E-state index is 0.0200.